The predicted molar refractivity (Wildman–Crippen MR) is 88.5 cm³/mol. The lowest BCUT2D eigenvalue weighted by Crippen LogP contribution is -2.29. The van der Waals surface area contributed by atoms with Crippen molar-refractivity contribution in [1.29, 1.82) is 0 Å². The van der Waals surface area contributed by atoms with Crippen LogP contribution in [0.4, 0.5) is 0 Å². The maximum atomic E-state index is 10.2. The van der Waals surface area contributed by atoms with E-state index in [4.69, 9.17) is 0 Å². The van der Waals surface area contributed by atoms with Crippen molar-refractivity contribution in [1.82, 2.24) is 14.8 Å². The molecule has 0 spiro atoms. The summed E-state index contributed by atoms with van der Waals surface area (Å²) < 4.78 is 2.27. The summed E-state index contributed by atoms with van der Waals surface area (Å²) in [6.07, 6.45) is 5.43. The number of nitrogens with zero attached hydrogens (tertiary/aromatic N) is 3. The van der Waals surface area contributed by atoms with Crippen LogP contribution in [-0.4, -0.2) is 37.2 Å². The third-order valence-electron chi connectivity index (χ3n) is 5.34. The fraction of sp³-hybridized carbons (Fsp3) is 0.647. The molecule has 0 radical (unpaired) electrons. The second kappa shape index (κ2) is 6.00. The molecule has 124 valence electrons. The standard InChI is InChI=1S/C17H23N3O2S/c21-12-10-17(11-13(12)22,14-6-5-9-23-14)16-19-18-15-7-3-1-2-4-8-20(15)16/h5-6,9,12-13,21-22H,1-4,7-8,10-11H2. The summed E-state index contributed by atoms with van der Waals surface area (Å²) in [4.78, 5) is 1.17. The molecule has 2 aromatic rings. The van der Waals surface area contributed by atoms with Gasteiger partial charge in [0.05, 0.1) is 17.6 Å². The smallest absolute Gasteiger partial charge is 0.144 e. The van der Waals surface area contributed by atoms with Crippen molar-refractivity contribution < 1.29 is 10.2 Å². The normalized spacial score (nSPS) is 31.6. The van der Waals surface area contributed by atoms with Crippen LogP contribution < -0.4 is 0 Å². The van der Waals surface area contributed by atoms with Crippen molar-refractivity contribution in [3.8, 4) is 0 Å². The Bertz CT molecular complexity index is 657. The van der Waals surface area contributed by atoms with Gasteiger partial charge in [-0.05, 0) is 37.1 Å². The van der Waals surface area contributed by atoms with Gasteiger partial charge < -0.3 is 14.8 Å². The molecule has 1 saturated carbocycles. The van der Waals surface area contributed by atoms with Gasteiger partial charge >= 0.3 is 0 Å². The van der Waals surface area contributed by atoms with Crippen LogP contribution in [0.25, 0.3) is 0 Å². The van der Waals surface area contributed by atoms with Crippen LogP contribution in [0, 0.1) is 0 Å². The molecule has 2 N–H and O–H groups in total. The molecule has 5 nitrogen and oxygen atoms in total. The molecular formula is C17H23N3O2S. The van der Waals surface area contributed by atoms with E-state index in [9.17, 15) is 10.2 Å². The van der Waals surface area contributed by atoms with Gasteiger partial charge in [-0.25, -0.2) is 0 Å². The van der Waals surface area contributed by atoms with Crippen molar-refractivity contribution in [3.05, 3.63) is 34.0 Å². The Balaban J connectivity index is 1.82. The zero-order valence-electron chi connectivity index (χ0n) is 13.2. The van der Waals surface area contributed by atoms with Crippen LogP contribution in [0.5, 0.6) is 0 Å². The number of thiophene rings is 1. The van der Waals surface area contributed by atoms with E-state index in [0.717, 1.165) is 37.5 Å². The Morgan fingerprint density at radius 2 is 1.87 bits per heavy atom. The van der Waals surface area contributed by atoms with Gasteiger partial charge in [0.25, 0.3) is 0 Å². The van der Waals surface area contributed by atoms with Crippen LogP contribution >= 0.6 is 11.3 Å². The quantitative estimate of drug-likeness (QED) is 0.884. The van der Waals surface area contributed by atoms with Crippen LogP contribution in [0.1, 0.15) is 55.1 Å². The first-order chi connectivity index (χ1) is 11.2. The van der Waals surface area contributed by atoms with E-state index in [1.807, 2.05) is 6.07 Å². The molecule has 6 heteroatoms. The minimum absolute atomic E-state index is 0.405. The maximum Gasteiger partial charge on any atom is 0.144 e. The highest BCUT2D eigenvalue weighted by Gasteiger charge is 2.50. The Morgan fingerprint density at radius 1 is 1.09 bits per heavy atom. The van der Waals surface area contributed by atoms with E-state index in [2.05, 4.69) is 26.2 Å². The number of rotatable bonds is 2. The first-order valence-corrected chi connectivity index (χ1v) is 9.41. The number of aliphatic hydroxyl groups excluding tert-OH is 2. The summed E-state index contributed by atoms with van der Waals surface area (Å²) >= 11 is 1.68. The van der Waals surface area contributed by atoms with Crippen LogP contribution in [0.2, 0.25) is 0 Å². The average molecular weight is 333 g/mol. The molecule has 0 saturated heterocycles. The number of fused-ring (bicyclic) bond motifs is 1. The number of hydrogen-bond donors (Lipinski definition) is 2. The van der Waals surface area contributed by atoms with E-state index >= 15 is 0 Å². The topological polar surface area (TPSA) is 71.2 Å². The fourth-order valence-corrected chi connectivity index (χ4v) is 5.07. The highest BCUT2D eigenvalue weighted by Crippen LogP contribution is 2.47. The maximum absolute atomic E-state index is 10.2. The van der Waals surface area contributed by atoms with Gasteiger partial charge in [-0.15, -0.1) is 21.5 Å². The van der Waals surface area contributed by atoms with Crippen molar-refractivity contribution in [3.63, 3.8) is 0 Å². The van der Waals surface area contributed by atoms with Gasteiger partial charge in [0.1, 0.15) is 11.6 Å². The molecule has 2 unspecified atom stereocenters. The van der Waals surface area contributed by atoms with Gasteiger partial charge in [-0.1, -0.05) is 18.9 Å². The molecule has 2 aliphatic rings. The highest BCUT2D eigenvalue weighted by molar-refractivity contribution is 7.10. The molecule has 0 aromatic carbocycles. The molecule has 23 heavy (non-hydrogen) atoms. The van der Waals surface area contributed by atoms with E-state index in [0.29, 0.717) is 12.8 Å². The SMILES string of the molecule is OC1CC(c2cccs2)(c2nnc3n2CCCCCC3)CC1O. The van der Waals surface area contributed by atoms with E-state index in [-0.39, 0.29) is 0 Å². The number of aryl methyl sites for hydroxylation is 1. The summed E-state index contributed by atoms with van der Waals surface area (Å²) in [7, 11) is 0. The number of aliphatic hydroxyl groups is 2. The van der Waals surface area contributed by atoms with E-state index in [1.165, 1.54) is 17.7 Å². The van der Waals surface area contributed by atoms with E-state index < -0.39 is 17.6 Å². The zero-order valence-corrected chi connectivity index (χ0v) is 14.0. The summed E-state index contributed by atoms with van der Waals surface area (Å²) in [6.45, 7) is 0.941. The van der Waals surface area contributed by atoms with Gasteiger partial charge in [0.2, 0.25) is 0 Å². The lowest BCUT2D eigenvalue weighted by atomic mass is 9.83. The third-order valence-corrected chi connectivity index (χ3v) is 6.41. The first kappa shape index (κ1) is 15.3. The Kier molecular flexibility index (Phi) is 3.99. The fourth-order valence-electron chi connectivity index (χ4n) is 4.13. The highest BCUT2D eigenvalue weighted by atomic mass is 32.1. The minimum Gasteiger partial charge on any atom is -0.390 e. The second-order valence-electron chi connectivity index (χ2n) is 6.86. The molecule has 2 atom stereocenters. The molecule has 0 bridgehead atoms. The van der Waals surface area contributed by atoms with E-state index in [1.54, 1.807) is 11.3 Å². The molecule has 0 amide bonds. The van der Waals surface area contributed by atoms with Gasteiger partial charge in [0.15, 0.2) is 0 Å². The van der Waals surface area contributed by atoms with Crippen molar-refractivity contribution in [2.75, 3.05) is 0 Å². The monoisotopic (exact) mass is 333 g/mol. The third kappa shape index (κ3) is 2.53. The predicted octanol–water partition coefficient (Wildman–Crippen LogP) is 2.26. The van der Waals surface area contributed by atoms with Crippen molar-refractivity contribution in [2.24, 2.45) is 0 Å². The molecule has 1 aliphatic heterocycles. The summed E-state index contributed by atoms with van der Waals surface area (Å²) in [5.74, 6) is 2.00. The summed E-state index contributed by atoms with van der Waals surface area (Å²) in [5, 5.41) is 31.5. The largest absolute Gasteiger partial charge is 0.390 e. The van der Waals surface area contributed by atoms with Crippen LogP contribution in [0.15, 0.2) is 17.5 Å². The second-order valence-corrected chi connectivity index (χ2v) is 7.81. The average Bonchev–Trinajstić information content (AvgIpc) is 3.20. The minimum atomic E-state index is -0.696. The van der Waals surface area contributed by atoms with Crippen LogP contribution in [0.3, 0.4) is 0 Å². The lowest BCUT2D eigenvalue weighted by molar-refractivity contribution is 0.0438. The van der Waals surface area contributed by atoms with Gasteiger partial charge in [0, 0.05) is 17.8 Å². The number of hydrogen-bond acceptors (Lipinski definition) is 5. The van der Waals surface area contributed by atoms with Gasteiger partial charge in [-0.3, -0.25) is 0 Å². The van der Waals surface area contributed by atoms with Crippen molar-refractivity contribution in [2.45, 2.75) is 69.1 Å². The van der Waals surface area contributed by atoms with Crippen LogP contribution in [-0.2, 0) is 18.4 Å². The molecular weight excluding hydrogens is 310 g/mol. The molecule has 1 aliphatic carbocycles. The molecule has 3 heterocycles. The van der Waals surface area contributed by atoms with Crippen molar-refractivity contribution >= 4 is 11.3 Å². The zero-order chi connectivity index (χ0) is 15.9. The molecule has 1 fully saturated rings. The summed E-state index contributed by atoms with van der Waals surface area (Å²) in [6, 6.07) is 4.13. The summed E-state index contributed by atoms with van der Waals surface area (Å²) in [5.41, 5.74) is -0.405. The van der Waals surface area contributed by atoms with Gasteiger partial charge in [-0.2, -0.15) is 0 Å². The number of aromatic nitrogens is 3. The Morgan fingerprint density at radius 3 is 2.61 bits per heavy atom. The molecule has 2 aromatic heterocycles. The Hall–Kier alpha value is -1.24. The Labute approximate surface area is 140 Å². The first-order valence-electron chi connectivity index (χ1n) is 8.53. The lowest BCUT2D eigenvalue weighted by Gasteiger charge is -2.28. The molecule has 4 rings (SSSR count).